The van der Waals surface area contributed by atoms with Gasteiger partial charge in [0.05, 0.1) is 10.6 Å². The van der Waals surface area contributed by atoms with E-state index in [0.717, 1.165) is 46.7 Å². The Kier molecular flexibility index (Phi) is 10.2. The number of hydrogen-bond acceptors (Lipinski definition) is 4. The molecule has 8 heteroatoms. The summed E-state index contributed by atoms with van der Waals surface area (Å²) in [7, 11) is -4.06. The second-order valence-electron chi connectivity index (χ2n) is 10.9. The number of carbonyl (C=O) groups is 2. The highest BCUT2D eigenvalue weighted by molar-refractivity contribution is 7.92. The van der Waals surface area contributed by atoms with Crippen molar-refractivity contribution in [1.82, 2.24) is 10.2 Å². The Balaban J connectivity index is 1.68. The SMILES string of the molecule is CC[C@H](C(=O)NC1CCCCC1)N(Cc1ccc(C)cc1)C(=O)CN(c1ccc(C)cc1)S(=O)(=O)c1ccccc1. The van der Waals surface area contributed by atoms with Crippen LogP contribution in [0.1, 0.15) is 62.1 Å². The molecule has 1 fully saturated rings. The molecule has 1 aliphatic rings. The molecule has 3 aromatic carbocycles. The number of carbonyl (C=O) groups excluding carboxylic acids is 2. The molecule has 1 saturated carbocycles. The van der Waals surface area contributed by atoms with Crippen molar-refractivity contribution in [3.63, 3.8) is 0 Å². The molecule has 3 aromatic rings. The number of aryl methyl sites for hydroxylation is 2. The fourth-order valence-electron chi connectivity index (χ4n) is 5.31. The van der Waals surface area contributed by atoms with Crippen molar-refractivity contribution in [3.05, 3.63) is 95.6 Å². The zero-order valence-electron chi connectivity index (χ0n) is 24.3. The number of nitrogens with one attached hydrogen (secondary N) is 1. The first kappa shape index (κ1) is 30.3. The average molecular weight is 576 g/mol. The van der Waals surface area contributed by atoms with Crippen LogP contribution in [0.4, 0.5) is 5.69 Å². The Morgan fingerprint density at radius 1 is 0.854 bits per heavy atom. The number of nitrogens with zero attached hydrogens (tertiary/aromatic N) is 2. The molecule has 1 atom stereocenters. The van der Waals surface area contributed by atoms with Crippen molar-refractivity contribution >= 4 is 27.5 Å². The maximum Gasteiger partial charge on any atom is 0.264 e. The molecule has 0 saturated heterocycles. The summed E-state index contributed by atoms with van der Waals surface area (Å²) in [5, 5.41) is 3.18. The highest BCUT2D eigenvalue weighted by atomic mass is 32.2. The van der Waals surface area contributed by atoms with Crippen molar-refractivity contribution in [3.8, 4) is 0 Å². The van der Waals surface area contributed by atoms with E-state index in [0.29, 0.717) is 12.1 Å². The monoisotopic (exact) mass is 575 g/mol. The predicted molar refractivity (Wildman–Crippen MR) is 163 cm³/mol. The Morgan fingerprint density at radius 3 is 2.02 bits per heavy atom. The van der Waals surface area contributed by atoms with Gasteiger partial charge in [-0.3, -0.25) is 13.9 Å². The lowest BCUT2D eigenvalue weighted by atomic mass is 9.95. The van der Waals surface area contributed by atoms with Crippen LogP contribution in [-0.2, 0) is 26.2 Å². The average Bonchev–Trinajstić information content (AvgIpc) is 2.98. The van der Waals surface area contributed by atoms with Crippen molar-refractivity contribution < 1.29 is 18.0 Å². The largest absolute Gasteiger partial charge is 0.352 e. The molecule has 7 nitrogen and oxygen atoms in total. The molecule has 2 amide bonds. The molecule has 0 aromatic heterocycles. The van der Waals surface area contributed by atoms with Crippen LogP contribution in [-0.4, -0.2) is 43.8 Å². The van der Waals surface area contributed by atoms with Crippen LogP contribution in [0.15, 0.2) is 83.8 Å². The number of rotatable bonds is 11. The van der Waals surface area contributed by atoms with Crippen molar-refractivity contribution in [2.45, 2.75) is 82.8 Å². The number of amides is 2. The fourth-order valence-corrected chi connectivity index (χ4v) is 6.75. The second kappa shape index (κ2) is 13.8. The fraction of sp³-hybridized carbons (Fsp3) is 0.394. The molecule has 218 valence electrons. The molecule has 1 N–H and O–H groups in total. The highest BCUT2D eigenvalue weighted by Crippen LogP contribution is 2.25. The quantitative estimate of drug-likeness (QED) is 0.315. The van der Waals surface area contributed by atoms with Gasteiger partial charge in [-0.2, -0.15) is 0 Å². The summed E-state index contributed by atoms with van der Waals surface area (Å²) in [6, 6.07) is 22.4. The molecule has 41 heavy (non-hydrogen) atoms. The smallest absolute Gasteiger partial charge is 0.264 e. The number of hydrogen-bond donors (Lipinski definition) is 1. The summed E-state index contributed by atoms with van der Waals surface area (Å²) in [5.74, 6) is -0.621. The minimum Gasteiger partial charge on any atom is -0.352 e. The summed E-state index contributed by atoms with van der Waals surface area (Å²) < 4.78 is 28.9. The van der Waals surface area contributed by atoms with Crippen LogP contribution >= 0.6 is 0 Å². The van der Waals surface area contributed by atoms with E-state index in [9.17, 15) is 18.0 Å². The third-order valence-corrected chi connectivity index (χ3v) is 9.53. The maximum absolute atomic E-state index is 14.2. The normalized spacial score (nSPS) is 14.7. The number of anilines is 1. The second-order valence-corrected chi connectivity index (χ2v) is 12.8. The van der Waals surface area contributed by atoms with Gasteiger partial charge in [-0.15, -0.1) is 0 Å². The van der Waals surface area contributed by atoms with E-state index in [4.69, 9.17) is 0 Å². The van der Waals surface area contributed by atoms with Gasteiger partial charge in [-0.05, 0) is 62.9 Å². The van der Waals surface area contributed by atoms with Crippen LogP contribution in [0.2, 0.25) is 0 Å². The summed E-state index contributed by atoms with van der Waals surface area (Å²) >= 11 is 0. The molecular formula is C33H41N3O4S. The first-order valence-electron chi connectivity index (χ1n) is 14.5. The van der Waals surface area contributed by atoms with Gasteiger partial charge in [0.1, 0.15) is 12.6 Å². The van der Waals surface area contributed by atoms with E-state index in [1.165, 1.54) is 18.6 Å². The molecule has 4 rings (SSSR count). The minimum absolute atomic E-state index is 0.0977. The van der Waals surface area contributed by atoms with Gasteiger partial charge < -0.3 is 10.2 Å². The summed E-state index contributed by atoms with van der Waals surface area (Å²) in [4.78, 5) is 29.4. The van der Waals surface area contributed by atoms with Gasteiger partial charge in [-0.25, -0.2) is 8.42 Å². The maximum atomic E-state index is 14.2. The lowest BCUT2D eigenvalue weighted by Gasteiger charge is -2.34. The number of benzene rings is 3. The van der Waals surface area contributed by atoms with Gasteiger partial charge in [0, 0.05) is 12.6 Å². The molecule has 0 heterocycles. The van der Waals surface area contributed by atoms with Gasteiger partial charge in [0.15, 0.2) is 0 Å². The van der Waals surface area contributed by atoms with Gasteiger partial charge in [-0.1, -0.05) is 91.9 Å². The lowest BCUT2D eigenvalue weighted by Crippen LogP contribution is -2.54. The summed E-state index contributed by atoms with van der Waals surface area (Å²) in [6.07, 6.45) is 5.61. The van der Waals surface area contributed by atoms with Gasteiger partial charge in [0.2, 0.25) is 11.8 Å². The molecule has 1 aliphatic carbocycles. The standard InChI is InChI=1S/C33H41N3O4S/c1-4-31(33(38)34-28-11-7-5-8-12-28)35(23-27-19-15-25(2)16-20-27)32(37)24-36(29-21-17-26(3)18-22-29)41(39,40)30-13-9-6-10-14-30/h6,9-10,13-22,28,31H,4-5,7-8,11-12,23-24H2,1-3H3,(H,34,38)/t31-/m1/s1. The van der Waals surface area contributed by atoms with Crippen LogP contribution < -0.4 is 9.62 Å². The minimum atomic E-state index is -4.06. The van der Waals surface area contributed by atoms with E-state index >= 15 is 0 Å². The molecule has 0 bridgehead atoms. The van der Waals surface area contributed by atoms with E-state index in [1.54, 1.807) is 35.2 Å². The molecule has 0 aliphatic heterocycles. The van der Waals surface area contributed by atoms with Crippen LogP contribution in [0.25, 0.3) is 0 Å². The van der Waals surface area contributed by atoms with Crippen LogP contribution in [0.3, 0.4) is 0 Å². The zero-order valence-corrected chi connectivity index (χ0v) is 25.1. The van der Waals surface area contributed by atoms with Crippen molar-refractivity contribution in [1.29, 1.82) is 0 Å². The van der Waals surface area contributed by atoms with Crippen LogP contribution in [0.5, 0.6) is 0 Å². The zero-order chi connectivity index (χ0) is 29.4. The Hall–Kier alpha value is -3.65. The molecule has 0 unspecified atom stereocenters. The van der Waals surface area contributed by atoms with Gasteiger partial charge >= 0.3 is 0 Å². The van der Waals surface area contributed by atoms with Crippen molar-refractivity contribution in [2.24, 2.45) is 0 Å². The summed E-state index contributed by atoms with van der Waals surface area (Å²) in [6.45, 7) is 5.57. The van der Waals surface area contributed by atoms with Crippen LogP contribution in [0, 0.1) is 13.8 Å². The Morgan fingerprint density at radius 2 is 1.44 bits per heavy atom. The molecule has 0 spiro atoms. The third-order valence-electron chi connectivity index (χ3n) is 7.74. The lowest BCUT2D eigenvalue weighted by molar-refractivity contribution is -0.140. The topological polar surface area (TPSA) is 86.8 Å². The first-order valence-corrected chi connectivity index (χ1v) is 15.9. The Labute approximate surface area is 244 Å². The highest BCUT2D eigenvalue weighted by Gasteiger charge is 2.34. The Bertz CT molecular complexity index is 1400. The van der Waals surface area contributed by atoms with E-state index in [1.807, 2.05) is 57.2 Å². The summed E-state index contributed by atoms with van der Waals surface area (Å²) in [5.41, 5.74) is 3.33. The predicted octanol–water partition coefficient (Wildman–Crippen LogP) is 5.76. The third kappa shape index (κ3) is 7.76. The van der Waals surface area contributed by atoms with Gasteiger partial charge in [0.25, 0.3) is 10.0 Å². The molecule has 0 radical (unpaired) electrons. The number of sulfonamides is 1. The molecular weight excluding hydrogens is 534 g/mol. The van der Waals surface area contributed by atoms with Crippen molar-refractivity contribution in [2.75, 3.05) is 10.8 Å². The first-order chi connectivity index (χ1) is 19.7. The van der Waals surface area contributed by atoms with E-state index in [-0.39, 0.29) is 23.4 Å². The van der Waals surface area contributed by atoms with E-state index in [2.05, 4.69) is 5.32 Å². The van der Waals surface area contributed by atoms with E-state index < -0.39 is 28.5 Å².